The summed E-state index contributed by atoms with van der Waals surface area (Å²) in [5.74, 6) is 0.228. The first-order valence-corrected chi connectivity index (χ1v) is 7.52. The maximum absolute atomic E-state index is 12.8. The number of nitrogens with zero attached hydrogens (tertiary/aromatic N) is 3. The van der Waals surface area contributed by atoms with E-state index in [-0.39, 0.29) is 18.0 Å². The van der Waals surface area contributed by atoms with Crippen LogP contribution in [0.2, 0.25) is 0 Å². The molecule has 0 bridgehead atoms. The summed E-state index contributed by atoms with van der Waals surface area (Å²) in [5.41, 5.74) is 14.5. The van der Waals surface area contributed by atoms with Crippen molar-refractivity contribution in [3.05, 3.63) is 50.7 Å². The van der Waals surface area contributed by atoms with Crippen molar-refractivity contribution in [2.45, 2.75) is 6.54 Å². The highest BCUT2D eigenvalue weighted by Gasteiger charge is 2.21. The molecule has 8 heteroatoms. The highest BCUT2D eigenvalue weighted by Crippen LogP contribution is 2.30. The Morgan fingerprint density at radius 1 is 1.17 bits per heavy atom. The number of benzene rings is 1. The van der Waals surface area contributed by atoms with Crippen LogP contribution in [0.15, 0.2) is 33.9 Å². The van der Waals surface area contributed by atoms with Gasteiger partial charge in [0.1, 0.15) is 13.7 Å². The van der Waals surface area contributed by atoms with Gasteiger partial charge in [0.25, 0.3) is 5.56 Å². The highest BCUT2D eigenvalue weighted by atomic mass is 16.2. The van der Waals surface area contributed by atoms with Gasteiger partial charge in [-0.25, -0.2) is 9.78 Å². The fourth-order valence-electron chi connectivity index (χ4n) is 3.00. The lowest BCUT2D eigenvalue weighted by Gasteiger charge is -2.17. The van der Waals surface area contributed by atoms with E-state index in [0.29, 0.717) is 16.5 Å². The average Bonchev–Trinajstić information content (AvgIpc) is 2.57. The number of hydrogen-bond acceptors (Lipinski definition) is 5. The molecule has 0 atom stereocenters. The van der Waals surface area contributed by atoms with Crippen LogP contribution in [0.4, 0.5) is 5.82 Å². The van der Waals surface area contributed by atoms with E-state index in [1.54, 1.807) is 7.05 Å². The summed E-state index contributed by atoms with van der Waals surface area (Å²) in [4.78, 5) is 29.3. The molecule has 0 aliphatic heterocycles. The molecule has 24 heavy (non-hydrogen) atoms. The van der Waals surface area contributed by atoms with Crippen LogP contribution >= 0.6 is 0 Å². The summed E-state index contributed by atoms with van der Waals surface area (Å²) in [5, 5.41) is 0.351. The summed E-state index contributed by atoms with van der Waals surface area (Å²) >= 11 is 0. The summed E-state index contributed by atoms with van der Waals surface area (Å²) < 4.78 is 2.40. The number of nitrogen functional groups attached to an aromatic ring is 1. The second-order valence-electron chi connectivity index (χ2n) is 5.77. The molecule has 0 saturated carbocycles. The fraction of sp³-hybridized carbons (Fsp3) is 0.188. The number of hydrogen-bond donors (Lipinski definition) is 2. The lowest BCUT2D eigenvalue weighted by molar-refractivity contribution is 0.708. The Bertz CT molecular complexity index is 1080. The van der Waals surface area contributed by atoms with Crippen molar-refractivity contribution in [2.24, 2.45) is 19.8 Å². The number of aromatic nitrogens is 3. The minimum atomic E-state index is -0.448. The van der Waals surface area contributed by atoms with Gasteiger partial charge in [-0.2, -0.15) is 0 Å². The summed E-state index contributed by atoms with van der Waals surface area (Å²) in [6.07, 6.45) is 0. The second-order valence-corrected chi connectivity index (χ2v) is 5.77. The Labute approximate surface area is 138 Å². The molecule has 3 rings (SSSR count). The topological polar surface area (TPSA) is 109 Å². The number of rotatable bonds is 2. The molecule has 2 aromatic heterocycles. The lowest BCUT2D eigenvalue weighted by atomic mass is 9.84. The molecule has 4 N–H and O–H groups in total. The van der Waals surface area contributed by atoms with Gasteiger partial charge in [0.15, 0.2) is 5.65 Å². The van der Waals surface area contributed by atoms with Crippen molar-refractivity contribution >= 4 is 30.2 Å². The van der Waals surface area contributed by atoms with E-state index in [9.17, 15) is 9.59 Å². The molecule has 0 saturated heterocycles. The van der Waals surface area contributed by atoms with Gasteiger partial charge in [-0.3, -0.25) is 13.9 Å². The predicted octanol–water partition coefficient (Wildman–Crippen LogP) is -1.40. The quantitative estimate of drug-likeness (QED) is 0.564. The Balaban J connectivity index is 2.68. The fourth-order valence-corrected chi connectivity index (χ4v) is 3.00. The zero-order valence-electron chi connectivity index (χ0n) is 13.8. The van der Waals surface area contributed by atoms with Crippen molar-refractivity contribution in [3.8, 4) is 11.1 Å². The Morgan fingerprint density at radius 2 is 1.83 bits per heavy atom. The van der Waals surface area contributed by atoms with Gasteiger partial charge in [0, 0.05) is 31.8 Å². The van der Waals surface area contributed by atoms with E-state index in [2.05, 4.69) is 4.98 Å². The smallest absolute Gasteiger partial charge is 0.332 e. The first-order chi connectivity index (χ1) is 11.4. The first kappa shape index (κ1) is 16.0. The number of anilines is 1. The molecule has 3 aromatic rings. The van der Waals surface area contributed by atoms with Crippen molar-refractivity contribution in [1.29, 1.82) is 0 Å². The zero-order valence-corrected chi connectivity index (χ0v) is 13.8. The average molecular weight is 323 g/mol. The van der Waals surface area contributed by atoms with Gasteiger partial charge in [-0.15, -0.1) is 0 Å². The number of pyridine rings is 1. The molecule has 0 aliphatic carbocycles. The zero-order chi connectivity index (χ0) is 17.6. The van der Waals surface area contributed by atoms with Crippen LogP contribution in [-0.4, -0.2) is 22.0 Å². The van der Waals surface area contributed by atoms with Crippen molar-refractivity contribution in [2.75, 3.05) is 5.73 Å². The van der Waals surface area contributed by atoms with Crippen LogP contribution in [0.5, 0.6) is 0 Å². The summed E-state index contributed by atoms with van der Waals surface area (Å²) in [6.45, 7) is 0.143. The van der Waals surface area contributed by atoms with Crippen LogP contribution in [0.3, 0.4) is 0 Å². The van der Waals surface area contributed by atoms with E-state index in [1.807, 2.05) is 32.1 Å². The lowest BCUT2D eigenvalue weighted by Crippen LogP contribution is -2.38. The monoisotopic (exact) mass is 323 g/mol. The van der Waals surface area contributed by atoms with E-state index in [4.69, 9.17) is 11.5 Å². The number of fused-ring (bicyclic) bond motifs is 1. The SMILES string of the molecule is Bc1ccccc1-c1c(CN)c(N)nc2c1c(=O)n(C)c(=O)n2C. The molecule has 0 spiro atoms. The molecule has 0 fully saturated rings. The van der Waals surface area contributed by atoms with Gasteiger partial charge in [0.05, 0.1) is 5.39 Å². The first-order valence-electron chi connectivity index (χ1n) is 7.52. The molecular formula is C16H18BN5O2. The van der Waals surface area contributed by atoms with Gasteiger partial charge in [0.2, 0.25) is 0 Å². The van der Waals surface area contributed by atoms with Gasteiger partial charge >= 0.3 is 5.69 Å². The third kappa shape index (κ3) is 2.15. The minimum Gasteiger partial charge on any atom is -0.383 e. The van der Waals surface area contributed by atoms with Crippen LogP contribution < -0.4 is 28.2 Å². The Hall–Kier alpha value is -2.87. The molecule has 0 radical (unpaired) electrons. The number of nitrogens with two attached hydrogens (primary N) is 2. The molecule has 122 valence electrons. The standard InChI is InChI=1S/C16H18BN5O2/c1-21-14-12(15(23)22(2)16(21)24)11(9(7-18)13(19)20-14)8-5-3-4-6-10(8)17/h3-6H,7,17-18H2,1-2H3,(H2,19,20). The minimum absolute atomic E-state index is 0.143. The summed E-state index contributed by atoms with van der Waals surface area (Å²) in [7, 11) is 4.97. The largest absolute Gasteiger partial charge is 0.383 e. The van der Waals surface area contributed by atoms with Crippen LogP contribution in [-0.2, 0) is 20.6 Å². The molecule has 0 amide bonds. The normalized spacial score (nSPS) is 11.1. The molecular weight excluding hydrogens is 305 g/mol. The molecule has 2 heterocycles. The highest BCUT2D eigenvalue weighted by molar-refractivity contribution is 6.36. The molecule has 1 aromatic carbocycles. The maximum Gasteiger partial charge on any atom is 0.332 e. The third-order valence-corrected chi connectivity index (χ3v) is 4.34. The third-order valence-electron chi connectivity index (χ3n) is 4.34. The Morgan fingerprint density at radius 3 is 2.46 bits per heavy atom. The molecule has 0 unspecified atom stereocenters. The van der Waals surface area contributed by atoms with Crippen LogP contribution in [0.1, 0.15) is 5.56 Å². The number of aryl methyl sites for hydroxylation is 1. The van der Waals surface area contributed by atoms with E-state index in [0.717, 1.165) is 15.6 Å². The van der Waals surface area contributed by atoms with E-state index < -0.39 is 11.2 Å². The van der Waals surface area contributed by atoms with Gasteiger partial charge in [-0.1, -0.05) is 29.7 Å². The predicted molar refractivity (Wildman–Crippen MR) is 98.1 cm³/mol. The van der Waals surface area contributed by atoms with Gasteiger partial charge < -0.3 is 11.5 Å². The van der Waals surface area contributed by atoms with Crippen LogP contribution in [0, 0.1) is 0 Å². The van der Waals surface area contributed by atoms with Gasteiger partial charge in [-0.05, 0) is 5.56 Å². The van der Waals surface area contributed by atoms with Crippen LogP contribution in [0.25, 0.3) is 22.2 Å². The molecule has 7 nitrogen and oxygen atoms in total. The van der Waals surface area contributed by atoms with E-state index in [1.165, 1.54) is 11.6 Å². The van der Waals surface area contributed by atoms with E-state index >= 15 is 0 Å². The maximum atomic E-state index is 12.8. The Kier molecular flexibility index (Phi) is 3.77. The second kappa shape index (κ2) is 5.65. The van der Waals surface area contributed by atoms with Crippen molar-refractivity contribution < 1.29 is 0 Å². The molecule has 0 aliphatic rings. The van der Waals surface area contributed by atoms with Crippen molar-refractivity contribution in [3.63, 3.8) is 0 Å². The van der Waals surface area contributed by atoms with Crippen molar-refractivity contribution in [1.82, 2.24) is 14.1 Å². The summed E-state index contributed by atoms with van der Waals surface area (Å²) in [6, 6.07) is 7.66.